The predicted octanol–water partition coefficient (Wildman–Crippen LogP) is 5.41. The lowest BCUT2D eigenvalue weighted by Crippen LogP contribution is -2.45. The van der Waals surface area contributed by atoms with Crippen LogP contribution in [0.4, 0.5) is 10.5 Å². The first kappa shape index (κ1) is 24.4. The van der Waals surface area contributed by atoms with Crippen molar-refractivity contribution in [3.63, 3.8) is 0 Å². The zero-order chi connectivity index (χ0) is 24.3. The van der Waals surface area contributed by atoms with Crippen molar-refractivity contribution in [2.45, 2.75) is 39.5 Å². The third-order valence-corrected chi connectivity index (χ3v) is 6.18. The average Bonchev–Trinajstić information content (AvgIpc) is 3.05. The van der Waals surface area contributed by atoms with E-state index in [9.17, 15) is 19.7 Å². The lowest BCUT2D eigenvalue weighted by Gasteiger charge is -2.29. The third-order valence-electron chi connectivity index (χ3n) is 4.68. The van der Waals surface area contributed by atoms with Gasteiger partial charge in [0, 0.05) is 12.1 Å². The minimum Gasteiger partial charge on any atom is -0.444 e. The van der Waals surface area contributed by atoms with Gasteiger partial charge in [0.1, 0.15) is 16.1 Å². The summed E-state index contributed by atoms with van der Waals surface area (Å²) in [6, 6.07) is 15.0. The molecule has 0 aliphatic carbocycles. The fourth-order valence-corrected chi connectivity index (χ4v) is 4.50. The van der Waals surface area contributed by atoms with E-state index < -0.39 is 22.8 Å². The van der Waals surface area contributed by atoms with Crippen LogP contribution >= 0.6 is 24.0 Å². The van der Waals surface area contributed by atoms with Gasteiger partial charge in [0.2, 0.25) is 0 Å². The van der Waals surface area contributed by atoms with Crippen LogP contribution in [-0.4, -0.2) is 31.7 Å². The standard InChI is InChI=1S/C23H23N3O5S2/c1-14(15-10-12-17(13-11-15)26(29)30)18-20(27)25(22(32)33-18)19(16-8-6-5-7-9-16)24-21(28)31-23(2,3)4/h5-13,19H,1-4H3,(H,24,28)/b18-14-. The number of thioether (sulfide) groups is 1. The lowest BCUT2D eigenvalue weighted by atomic mass is 10.1. The van der Waals surface area contributed by atoms with Gasteiger partial charge in [-0.15, -0.1) is 0 Å². The summed E-state index contributed by atoms with van der Waals surface area (Å²) in [5.74, 6) is -0.370. The maximum absolute atomic E-state index is 13.4. The summed E-state index contributed by atoms with van der Waals surface area (Å²) in [6.45, 7) is 7.01. The quantitative estimate of drug-likeness (QED) is 0.261. The number of benzene rings is 2. The Morgan fingerprint density at radius 2 is 1.76 bits per heavy atom. The van der Waals surface area contributed by atoms with Gasteiger partial charge in [-0.3, -0.25) is 25.1 Å². The molecular weight excluding hydrogens is 462 g/mol. The molecule has 1 heterocycles. The second-order valence-corrected chi connectivity index (χ2v) is 9.90. The Labute approximate surface area is 201 Å². The number of amides is 2. The Bertz CT molecular complexity index is 1130. The molecule has 0 spiro atoms. The van der Waals surface area contributed by atoms with Gasteiger partial charge >= 0.3 is 6.09 Å². The zero-order valence-corrected chi connectivity index (χ0v) is 20.2. The van der Waals surface area contributed by atoms with Gasteiger partial charge in [-0.05, 0) is 56.5 Å². The summed E-state index contributed by atoms with van der Waals surface area (Å²) in [7, 11) is 0. The van der Waals surface area contributed by atoms with E-state index in [1.54, 1.807) is 64.1 Å². The molecule has 2 aromatic rings. The number of hydrogen-bond donors (Lipinski definition) is 1. The number of allylic oxidation sites excluding steroid dienone is 1. The van der Waals surface area contributed by atoms with Crippen LogP contribution in [0.5, 0.6) is 0 Å². The molecule has 172 valence electrons. The van der Waals surface area contributed by atoms with Crippen molar-refractivity contribution in [2.24, 2.45) is 0 Å². The number of carbonyl (C=O) groups excluding carboxylic acids is 2. The molecule has 1 saturated heterocycles. The second kappa shape index (κ2) is 9.72. The summed E-state index contributed by atoms with van der Waals surface area (Å²) in [6.07, 6.45) is -1.54. The van der Waals surface area contributed by atoms with Gasteiger partial charge in [0.05, 0.1) is 9.83 Å². The number of nitro groups is 1. The Morgan fingerprint density at radius 3 is 2.30 bits per heavy atom. The maximum atomic E-state index is 13.4. The van der Waals surface area contributed by atoms with Crippen molar-refractivity contribution in [3.05, 3.63) is 80.7 Å². The molecule has 0 saturated carbocycles. The van der Waals surface area contributed by atoms with Gasteiger partial charge in [-0.1, -0.05) is 54.3 Å². The van der Waals surface area contributed by atoms with Crippen LogP contribution in [0.3, 0.4) is 0 Å². The zero-order valence-electron chi connectivity index (χ0n) is 18.5. The predicted molar refractivity (Wildman–Crippen MR) is 131 cm³/mol. The molecule has 1 aliphatic rings. The minimum atomic E-state index is -0.865. The molecule has 3 rings (SSSR count). The van der Waals surface area contributed by atoms with Crippen molar-refractivity contribution in [3.8, 4) is 0 Å². The number of nitrogens with one attached hydrogen (secondary N) is 1. The summed E-state index contributed by atoms with van der Waals surface area (Å²) < 4.78 is 5.67. The van der Waals surface area contributed by atoms with E-state index in [1.807, 2.05) is 6.07 Å². The van der Waals surface area contributed by atoms with Crippen LogP contribution in [0.2, 0.25) is 0 Å². The fraction of sp³-hybridized carbons (Fsp3) is 0.261. The Kier molecular flexibility index (Phi) is 7.19. The van der Waals surface area contributed by atoms with Gasteiger partial charge in [-0.25, -0.2) is 4.79 Å². The highest BCUT2D eigenvalue weighted by Crippen LogP contribution is 2.40. The first-order chi connectivity index (χ1) is 15.5. The van der Waals surface area contributed by atoms with Gasteiger partial charge < -0.3 is 4.74 Å². The number of rotatable bonds is 5. The van der Waals surface area contributed by atoms with E-state index in [1.165, 1.54) is 17.0 Å². The Hall–Kier alpha value is -3.24. The van der Waals surface area contributed by atoms with Crippen LogP contribution in [-0.2, 0) is 9.53 Å². The molecular formula is C23H23N3O5S2. The number of hydrogen-bond acceptors (Lipinski definition) is 7. The Morgan fingerprint density at radius 1 is 1.15 bits per heavy atom. The van der Waals surface area contributed by atoms with Crippen molar-refractivity contribution in [1.29, 1.82) is 0 Å². The normalized spacial score (nSPS) is 16.4. The molecule has 0 bridgehead atoms. The van der Waals surface area contributed by atoms with E-state index >= 15 is 0 Å². The fourth-order valence-electron chi connectivity index (χ4n) is 3.15. The number of non-ortho nitro benzene ring substituents is 1. The summed E-state index contributed by atoms with van der Waals surface area (Å²) in [5, 5.41) is 13.7. The first-order valence-electron chi connectivity index (χ1n) is 10.0. The molecule has 33 heavy (non-hydrogen) atoms. The molecule has 0 aromatic heterocycles. The van der Waals surface area contributed by atoms with E-state index in [4.69, 9.17) is 17.0 Å². The molecule has 1 fully saturated rings. The van der Waals surface area contributed by atoms with Crippen LogP contribution in [0, 0.1) is 10.1 Å². The molecule has 1 unspecified atom stereocenters. The van der Waals surface area contributed by atoms with E-state index in [0.717, 1.165) is 11.8 Å². The average molecular weight is 486 g/mol. The smallest absolute Gasteiger partial charge is 0.409 e. The van der Waals surface area contributed by atoms with Gasteiger partial charge in [-0.2, -0.15) is 0 Å². The number of carbonyl (C=O) groups is 2. The van der Waals surface area contributed by atoms with E-state index in [-0.39, 0.29) is 15.9 Å². The van der Waals surface area contributed by atoms with Crippen molar-refractivity contribution in [1.82, 2.24) is 10.2 Å². The molecule has 1 atom stereocenters. The second-order valence-electron chi connectivity index (χ2n) is 8.26. The molecule has 10 heteroatoms. The number of nitrogens with zero attached hydrogens (tertiary/aromatic N) is 2. The summed E-state index contributed by atoms with van der Waals surface area (Å²) in [4.78, 5) is 38.2. The number of ether oxygens (including phenoxy) is 1. The molecule has 1 aliphatic heterocycles. The van der Waals surface area contributed by atoms with Crippen LogP contribution in [0.1, 0.15) is 45.0 Å². The van der Waals surface area contributed by atoms with Gasteiger partial charge in [0.25, 0.3) is 11.6 Å². The molecule has 1 N–H and O–H groups in total. The molecule has 2 amide bonds. The topological polar surface area (TPSA) is 102 Å². The first-order valence-corrected chi connectivity index (χ1v) is 11.3. The van der Waals surface area contributed by atoms with E-state index in [0.29, 0.717) is 21.6 Å². The van der Waals surface area contributed by atoms with Crippen LogP contribution < -0.4 is 5.32 Å². The highest BCUT2D eigenvalue weighted by atomic mass is 32.2. The minimum absolute atomic E-state index is 0.0372. The number of thiocarbonyl (C=S) groups is 1. The third kappa shape index (κ3) is 5.77. The highest BCUT2D eigenvalue weighted by Gasteiger charge is 2.40. The van der Waals surface area contributed by atoms with Crippen molar-refractivity contribution < 1.29 is 19.2 Å². The largest absolute Gasteiger partial charge is 0.444 e. The SMILES string of the molecule is C/C(=C1/SC(=S)N(C(NC(=O)OC(C)(C)C)c2ccccc2)C1=O)c1ccc([N+](=O)[O-])cc1. The summed E-state index contributed by atoms with van der Waals surface area (Å²) >= 11 is 6.63. The summed E-state index contributed by atoms with van der Waals surface area (Å²) in [5.41, 5.74) is 1.21. The molecule has 8 nitrogen and oxygen atoms in total. The number of nitro benzene ring substituents is 1. The van der Waals surface area contributed by atoms with Crippen LogP contribution in [0.15, 0.2) is 59.5 Å². The highest BCUT2D eigenvalue weighted by molar-refractivity contribution is 8.26. The van der Waals surface area contributed by atoms with Crippen molar-refractivity contribution in [2.75, 3.05) is 0 Å². The molecule has 0 radical (unpaired) electrons. The number of alkyl carbamates (subject to hydrolysis) is 1. The Balaban J connectivity index is 1.95. The van der Waals surface area contributed by atoms with E-state index in [2.05, 4.69) is 5.32 Å². The maximum Gasteiger partial charge on any atom is 0.409 e. The molecule has 2 aromatic carbocycles. The monoisotopic (exact) mass is 485 g/mol. The lowest BCUT2D eigenvalue weighted by molar-refractivity contribution is -0.384. The van der Waals surface area contributed by atoms with Gasteiger partial charge in [0.15, 0.2) is 0 Å². The van der Waals surface area contributed by atoms with Crippen molar-refractivity contribution >= 4 is 51.6 Å². The van der Waals surface area contributed by atoms with Crippen LogP contribution in [0.25, 0.3) is 5.57 Å².